The molecule has 1 heterocycles. The maximum atomic E-state index is 5.87. The maximum absolute atomic E-state index is 5.87. The molecule has 0 unspecified atom stereocenters. The summed E-state index contributed by atoms with van der Waals surface area (Å²) in [4.78, 5) is 5.99. The van der Waals surface area contributed by atoms with Crippen molar-refractivity contribution in [1.82, 2.24) is 10.1 Å². The Hall–Kier alpha value is -1.56. The first kappa shape index (κ1) is 10.9. The van der Waals surface area contributed by atoms with E-state index in [4.69, 9.17) is 10.3 Å². The van der Waals surface area contributed by atoms with Crippen LogP contribution in [0, 0.1) is 0 Å². The van der Waals surface area contributed by atoms with E-state index < -0.39 is 0 Å². The summed E-state index contributed by atoms with van der Waals surface area (Å²) in [5, 5.41) is 3.83. The number of hydrogen-bond donors (Lipinski definition) is 1. The van der Waals surface area contributed by atoms with Gasteiger partial charge in [-0.05, 0) is 23.4 Å². The zero-order valence-electron chi connectivity index (χ0n) is 8.94. The summed E-state index contributed by atoms with van der Waals surface area (Å²) in [6, 6.07) is 5.52. The van der Waals surface area contributed by atoms with E-state index in [2.05, 4.69) is 26.1 Å². The van der Waals surface area contributed by atoms with Crippen LogP contribution in [0.3, 0.4) is 0 Å². The second-order valence-electron chi connectivity index (χ2n) is 3.53. The van der Waals surface area contributed by atoms with E-state index in [1.165, 1.54) is 0 Å². The quantitative estimate of drug-likeness (QED) is 0.855. The van der Waals surface area contributed by atoms with E-state index in [1.54, 1.807) is 11.0 Å². The van der Waals surface area contributed by atoms with Gasteiger partial charge >= 0.3 is 0 Å². The minimum atomic E-state index is 0.425. The van der Waals surface area contributed by atoms with E-state index in [-0.39, 0.29) is 0 Å². The van der Waals surface area contributed by atoms with Crippen molar-refractivity contribution in [2.24, 2.45) is 0 Å². The van der Waals surface area contributed by atoms with Gasteiger partial charge in [0.15, 0.2) is 0 Å². The molecule has 2 aromatic rings. The predicted molar refractivity (Wildman–Crippen MR) is 66.2 cm³/mol. The Morgan fingerprint density at radius 1 is 1.38 bits per heavy atom. The third kappa shape index (κ3) is 2.01. The second kappa shape index (κ2) is 4.13. The number of halogens is 1. The molecule has 0 atom stereocenters. The highest BCUT2D eigenvalue weighted by molar-refractivity contribution is 9.10. The van der Waals surface area contributed by atoms with E-state index in [1.807, 2.05) is 26.2 Å². The van der Waals surface area contributed by atoms with Crippen LogP contribution < -0.4 is 10.6 Å². The number of nitrogens with two attached hydrogens (primary N) is 1. The molecule has 0 saturated heterocycles. The number of anilines is 2. The van der Waals surface area contributed by atoms with Crippen molar-refractivity contribution >= 4 is 27.6 Å². The minimum absolute atomic E-state index is 0.425. The van der Waals surface area contributed by atoms with Gasteiger partial charge in [-0.3, -0.25) is 0 Å². The molecule has 0 saturated carbocycles. The first-order chi connectivity index (χ1) is 7.58. The molecule has 0 amide bonds. The van der Waals surface area contributed by atoms with Gasteiger partial charge in [-0.15, -0.1) is 0 Å². The zero-order valence-corrected chi connectivity index (χ0v) is 10.5. The van der Waals surface area contributed by atoms with Gasteiger partial charge in [-0.25, -0.2) is 0 Å². The smallest absolute Gasteiger partial charge is 0.265 e. The molecule has 0 spiro atoms. The first-order valence-electron chi connectivity index (χ1n) is 4.64. The Bertz CT molecular complexity index is 509. The number of nitrogen functional groups attached to an aromatic ring is 1. The summed E-state index contributed by atoms with van der Waals surface area (Å²) < 4.78 is 6.05. The largest absolute Gasteiger partial charge is 0.398 e. The standard InChI is InChI=1S/C10H11BrN4O/c1-15(2)10-13-9(16-14-10)7-4-3-6(11)5-8(7)12/h3-5H,12H2,1-2H3. The summed E-state index contributed by atoms with van der Waals surface area (Å²) in [5.41, 5.74) is 7.21. The fourth-order valence-electron chi connectivity index (χ4n) is 1.24. The summed E-state index contributed by atoms with van der Waals surface area (Å²) in [7, 11) is 3.69. The van der Waals surface area contributed by atoms with Crippen molar-refractivity contribution in [2.45, 2.75) is 0 Å². The molecule has 5 nitrogen and oxygen atoms in total. The molecule has 0 aliphatic rings. The highest BCUT2D eigenvalue weighted by atomic mass is 79.9. The molecule has 1 aromatic heterocycles. The van der Waals surface area contributed by atoms with E-state index in [9.17, 15) is 0 Å². The number of rotatable bonds is 2. The van der Waals surface area contributed by atoms with Gasteiger partial charge in [-0.1, -0.05) is 15.9 Å². The molecule has 1 aromatic carbocycles. The van der Waals surface area contributed by atoms with Crippen molar-refractivity contribution in [2.75, 3.05) is 24.7 Å². The molecule has 6 heteroatoms. The Kier molecular flexibility index (Phi) is 2.82. The summed E-state index contributed by atoms with van der Waals surface area (Å²) in [5.74, 6) is 0.950. The molecule has 0 bridgehead atoms. The summed E-state index contributed by atoms with van der Waals surface area (Å²) in [6.07, 6.45) is 0. The van der Waals surface area contributed by atoms with Gasteiger partial charge < -0.3 is 15.2 Å². The van der Waals surface area contributed by atoms with Crippen LogP contribution in [-0.4, -0.2) is 24.2 Å². The molecule has 84 valence electrons. The highest BCUT2D eigenvalue weighted by Gasteiger charge is 2.12. The van der Waals surface area contributed by atoms with Gasteiger partial charge in [0, 0.05) is 24.3 Å². The van der Waals surface area contributed by atoms with Crippen LogP contribution >= 0.6 is 15.9 Å². The van der Waals surface area contributed by atoms with Crippen LogP contribution in [0.1, 0.15) is 0 Å². The maximum Gasteiger partial charge on any atom is 0.265 e. The molecule has 16 heavy (non-hydrogen) atoms. The molecule has 0 fully saturated rings. The molecule has 0 aliphatic heterocycles. The van der Waals surface area contributed by atoms with Crippen molar-refractivity contribution < 1.29 is 4.52 Å². The van der Waals surface area contributed by atoms with Gasteiger partial charge in [0.05, 0.1) is 5.56 Å². The van der Waals surface area contributed by atoms with Crippen LogP contribution in [0.4, 0.5) is 11.6 Å². The predicted octanol–water partition coefficient (Wildman–Crippen LogP) is 2.15. The molecular weight excluding hydrogens is 272 g/mol. The molecule has 0 radical (unpaired) electrons. The van der Waals surface area contributed by atoms with Crippen LogP contribution in [0.25, 0.3) is 11.5 Å². The van der Waals surface area contributed by atoms with Crippen molar-refractivity contribution in [3.63, 3.8) is 0 Å². The van der Waals surface area contributed by atoms with Crippen molar-refractivity contribution in [3.8, 4) is 11.5 Å². The lowest BCUT2D eigenvalue weighted by Crippen LogP contribution is -2.10. The lowest BCUT2D eigenvalue weighted by Gasteiger charge is -2.03. The second-order valence-corrected chi connectivity index (χ2v) is 4.44. The van der Waals surface area contributed by atoms with Crippen LogP contribution in [-0.2, 0) is 0 Å². The average molecular weight is 283 g/mol. The molecule has 2 rings (SSSR count). The number of benzene rings is 1. The highest BCUT2D eigenvalue weighted by Crippen LogP contribution is 2.28. The SMILES string of the molecule is CN(C)c1noc(-c2ccc(Br)cc2N)n1. The van der Waals surface area contributed by atoms with E-state index in [0.29, 0.717) is 17.5 Å². The van der Waals surface area contributed by atoms with Crippen LogP contribution in [0.5, 0.6) is 0 Å². The van der Waals surface area contributed by atoms with Gasteiger partial charge in [0.1, 0.15) is 0 Å². The lowest BCUT2D eigenvalue weighted by molar-refractivity contribution is 0.431. The van der Waals surface area contributed by atoms with Crippen molar-refractivity contribution in [3.05, 3.63) is 22.7 Å². The number of nitrogens with zero attached hydrogens (tertiary/aromatic N) is 3. The summed E-state index contributed by atoms with van der Waals surface area (Å²) in [6.45, 7) is 0. The fourth-order valence-corrected chi connectivity index (χ4v) is 1.61. The van der Waals surface area contributed by atoms with Gasteiger partial charge in [0.2, 0.25) is 0 Å². The molecule has 2 N–H and O–H groups in total. The fraction of sp³-hybridized carbons (Fsp3) is 0.200. The third-order valence-corrected chi connectivity index (χ3v) is 2.55. The van der Waals surface area contributed by atoms with Crippen LogP contribution in [0.2, 0.25) is 0 Å². The zero-order chi connectivity index (χ0) is 11.7. The van der Waals surface area contributed by atoms with Crippen molar-refractivity contribution in [1.29, 1.82) is 0 Å². The average Bonchev–Trinajstić information content (AvgIpc) is 2.66. The van der Waals surface area contributed by atoms with E-state index in [0.717, 1.165) is 10.0 Å². The topological polar surface area (TPSA) is 68.2 Å². The molecular formula is C10H11BrN4O. The Balaban J connectivity index is 2.42. The van der Waals surface area contributed by atoms with Gasteiger partial charge in [-0.2, -0.15) is 4.98 Å². The number of hydrogen-bond acceptors (Lipinski definition) is 5. The minimum Gasteiger partial charge on any atom is -0.398 e. The van der Waals surface area contributed by atoms with Gasteiger partial charge in [0.25, 0.3) is 11.8 Å². The first-order valence-corrected chi connectivity index (χ1v) is 5.43. The third-order valence-electron chi connectivity index (χ3n) is 2.06. The Morgan fingerprint density at radius 2 is 2.12 bits per heavy atom. The summed E-state index contributed by atoms with van der Waals surface area (Å²) >= 11 is 3.34. The normalized spacial score (nSPS) is 10.4. The van der Waals surface area contributed by atoms with Crippen LogP contribution in [0.15, 0.2) is 27.2 Å². The lowest BCUT2D eigenvalue weighted by atomic mass is 10.2. The van der Waals surface area contributed by atoms with E-state index >= 15 is 0 Å². The molecule has 0 aliphatic carbocycles. The number of aromatic nitrogens is 2. The Morgan fingerprint density at radius 3 is 2.69 bits per heavy atom. The Labute approximate surface area is 101 Å². The monoisotopic (exact) mass is 282 g/mol.